The van der Waals surface area contributed by atoms with E-state index in [4.69, 9.17) is 9.98 Å². The summed E-state index contributed by atoms with van der Waals surface area (Å²) in [6.45, 7) is 24.0. The van der Waals surface area contributed by atoms with Crippen LogP contribution in [0.2, 0.25) is 0 Å². The van der Waals surface area contributed by atoms with Crippen molar-refractivity contribution in [3.05, 3.63) is 71.3 Å². The minimum absolute atomic E-state index is 0.412. The van der Waals surface area contributed by atoms with Gasteiger partial charge in [-0.25, -0.2) is 0 Å². The van der Waals surface area contributed by atoms with Crippen LogP contribution in [0.15, 0.2) is 59.0 Å². The number of allylic oxidation sites excluding steroid dienone is 1. The van der Waals surface area contributed by atoms with Crippen molar-refractivity contribution in [2.24, 2.45) is 9.98 Å². The first kappa shape index (κ1) is 26.8. The predicted molar refractivity (Wildman–Crippen MR) is 149 cm³/mol. The molecule has 0 aliphatic carbocycles. The minimum atomic E-state index is 0.412. The third kappa shape index (κ3) is 6.76. The summed E-state index contributed by atoms with van der Waals surface area (Å²) in [5.41, 5.74) is 9.50. The molecule has 0 N–H and O–H groups in total. The number of aliphatic imine (C=N–C) groups is 2. The molecule has 0 radical (unpaired) electrons. The van der Waals surface area contributed by atoms with Gasteiger partial charge < -0.3 is 0 Å². The van der Waals surface area contributed by atoms with E-state index >= 15 is 0 Å². The van der Waals surface area contributed by atoms with Gasteiger partial charge in [-0.3, -0.25) is 9.98 Å². The average molecular weight is 445 g/mol. The topological polar surface area (TPSA) is 24.7 Å². The maximum absolute atomic E-state index is 5.32. The van der Waals surface area contributed by atoms with Gasteiger partial charge in [-0.05, 0) is 65.7 Å². The zero-order valence-electron chi connectivity index (χ0n) is 22.4. The largest absolute Gasteiger partial charge is 0.251 e. The summed E-state index contributed by atoms with van der Waals surface area (Å²) in [4.78, 5) is 10.6. The predicted octanol–water partition coefficient (Wildman–Crippen LogP) is 10.0. The molecule has 2 nitrogen and oxygen atoms in total. The van der Waals surface area contributed by atoms with Gasteiger partial charge in [0.05, 0.1) is 22.8 Å². The Morgan fingerprint density at radius 2 is 1.06 bits per heavy atom. The normalized spacial score (nSPS) is 13.0. The molecule has 2 aromatic rings. The third-order valence-electron chi connectivity index (χ3n) is 6.21. The monoisotopic (exact) mass is 444 g/mol. The van der Waals surface area contributed by atoms with Crippen molar-refractivity contribution in [1.82, 2.24) is 0 Å². The molecule has 33 heavy (non-hydrogen) atoms. The fraction of sp³-hybridized carbons (Fsp3) is 0.484. The van der Waals surface area contributed by atoms with Gasteiger partial charge in [-0.2, -0.15) is 0 Å². The average Bonchev–Trinajstić information content (AvgIpc) is 2.75. The Morgan fingerprint density at radius 1 is 0.697 bits per heavy atom. The van der Waals surface area contributed by atoms with E-state index in [0.29, 0.717) is 23.7 Å². The second-order valence-electron chi connectivity index (χ2n) is 10.3. The molecule has 0 bridgehead atoms. The van der Waals surface area contributed by atoms with Crippen molar-refractivity contribution >= 4 is 22.8 Å². The minimum Gasteiger partial charge on any atom is -0.251 e. The zero-order valence-corrected chi connectivity index (χ0v) is 22.4. The van der Waals surface area contributed by atoms with Crippen LogP contribution >= 0.6 is 0 Å². The second kappa shape index (κ2) is 12.1. The van der Waals surface area contributed by atoms with Gasteiger partial charge in [0.1, 0.15) is 0 Å². The Labute approximate surface area is 203 Å². The molecule has 0 atom stereocenters. The summed E-state index contributed by atoms with van der Waals surface area (Å²) in [6, 6.07) is 13.2. The molecule has 0 aromatic heterocycles. The molecule has 178 valence electrons. The molecule has 0 aliphatic rings. The van der Waals surface area contributed by atoms with Crippen molar-refractivity contribution in [3.8, 4) is 0 Å². The molecule has 0 fully saturated rings. The third-order valence-corrected chi connectivity index (χ3v) is 6.21. The van der Waals surface area contributed by atoms with E-state index in [1.165, 1.54) is 22.3 Å². The molecule has 0 heterocycles. The van der Waals surface area contributed by atoms with Crippen LogP contribution in [0.1, 0.15) is 121 Å². The van der Waals surface area contributed by atoms with E-state index in [2.05, 4.69) is 105 Å². The zero-order chi connectivity index (χ0) is 24.7. The highest BCUT2D eigenvalue weighted by molar-refractivity contribution is 6.42. The lowest BCUT2D eigenvalue weighted by molar-refractivity contribution is 0.833. The molecule has 0 spiro atoms. The van der Waals surface area contributed by atoms with Crippen LogP contribution in [0.25, 0.3) is 0 Å². The first-order chi connectivity index (χ1) is 15.6. The van der Waals surface area contributed by atoms with Crippen molar-refractivity contribution < 1.29 is 0 Å². The Kier molecular flexibility index (Phi) is 9.83. The second-order valence-corrected chi connectivity index (χ2v) is 10.3. The maximum Gasteiger partial charge on any atom is 0.0702 e. The van der Waals surface area contributed by atoms with Crippen molar-refractivity contribution in [2.75, 3.05) is 0 Å². The van der Waals surface area contributed by atoms with Crippen LogP contribution in [0, 0.1) is 0 Å². The van der Waals surface area contributed by atoms with E-state index in [1.54, 1.807) is 0 Å². The number of rotatable bonds is 10. The highest BCUT2D eigenvalue weighted by Gasteiger charge is 2.17. The van der Waals surface area contributed by atoms with Crippen LogP contribution < -0.4 is 0 Å². The van der Waals surface area contributed by atoms with Crippen LogP contribution in [0.3, 0.4) is 0 Å². The summed E-state index contributed by atoms with van der Waals surface area (Å²) in [5.74, 6) is 1.65. The number of hydrogen-bond acceptors (Lipinski definition) is 2. The van der Waals surface area contributed by atoms with E-state index in [0.717, 1.165) is 35.6 Å². The molecule has 2 aromatic carbocycles. The Hall–Kier alpha value is -2.48. The van der Waals surface area contributed by atoms with E-state index in [-0.39, 0.29) is 0 Å². The van der Waals surface area contributed by atoms with E-state index in [9.17, 15) is 0 Å². The van der Waals surface area contributed by atoms with Gasteiger partial charge in [0.2, 0.25) is 0 Å². The lowest BCUT2D eigenvalue weighted by atomic mass is 9.92. The fourth-order valence-electron chi connectivity index (χ4n) is 4.21. The summed E-state index contributed by atoms with van der Waals surface area (Å²) in [7, 11) is 0. The van der Waals surface area contributed by atoms with Crippen LogP contribution in [0.5, 0.6) is 0 Å². The first-order valence-corrected chi connectivity index (χ1v) is 12.6. The van der Waals surface area contributed by atoms with Gasteiger partial charge in [0, 0.05) is 0 Å². The number of para-hydroxylation sites is 2. The summed E-state index contributed by atoms with van der Waals surface area (Å²) in [5, 5.41) is 0. The van der Waals surface area contributed by atoms with E-state index < -0.39 is 0 Å². The Bertz CT molecular complexity index is 951. The number of benzene rings is 2. The highest BCUT2D eigenvalue weighted by atomic mass is 14.8. The number of hydrogen-bond donors (Lipinski definition) is 0. The molecule has 2 rings (SSSR count). The van der Waals surface area contributed by atoms with Crippen molar-refractivity contribution in [1.29, 1.82) is 0 Å². The lowest BCUT2D eigenvalue weighted by Gasteiger charge is -2.19. The summed E-state index contributed by atoms with van der Waals surface area (Å²) in [6.07, 6.45) is 3.70. The standard InChI is InChI=1S/C31H44N2/c1-11-12-19-29(33-31-27(22(6)7)17-14-18-28(31)23(8)9)24(10)32-30-25(20(2)3)15-13-16-26(30)21(4)5/h11,13-18,20-23H,1,12,19H2,2-10H3/b32-24+,33-29+. The lowest BCUT2D eigenvalue weighted by Crippen LogP contribution is -2.11. The van der Waals surface area contributed by atoms with Crippen LogP contribution in [-0.2, 0) is 0 Å². The van der Waals surface area contributed by atoms with Gasteiger partial charge in [-0.1, -0.05) is 97.9 Å². The molecular weight excluding hydrogens is 400 g/mol. The molecule has 0 unspecified atom stereocenters. The highest BCUT2D eigenvalue weighted by Crippen LogP contribution is 2.37. The fourth-order valence-corrected chi connectivity index (χ4v) is 4.21. The van der Waals surface area contributed by atoms with Gasteiger partial charge in [-0.15, -0.1) is 6.58 Å². The molecule has 2 heteroatoms. The van der Waals surface area contributed by atoms with E-state index in [1.807, 2.05) is 6.08 Å². The number of nitrogens with zero attached hydrogens (tertiary/aromatic N) is 2. The van der Waals surface area contributed by atoms with Gasteiger partial charge in [0.15, 0.2) is 0 Å². The Balaban J connectivity index is 2.75. The van der Waals surface area contributed by atoms with Gasteiger partial charge in [0.25, 0.3) is 0 Å². The molecule has 0 saturated carbocycles. The Morgan fingerprint density at radius 3 is 1.39 bits per heavy atom. The molecular formula is C31H44N2. The van der Waals surface area contributed by atoms with Gasteiger partial charge >= 0.3 is 0 Å². The molecule has 0 aliphatic heterocycles. The molecule has 0 amide bonds. The van der Waals surface area contributed by atoms with Crippen LogP contribution in [0.4, 0.5) is 11.4 Å². The van der Waals surface area contributed by atoms with Crippen molar-refractivity contribution in [3.63, 3.8) is 0 Å². The van der Waals surface area contributed by atoms with Crippen LogP contribution in [-0.4, -0.2) is 11.4 Å². The maximum atomic E-state index is 5.32. The smallest absolute Gasteiger partial charge is 0.0702 e. The molecule has 0 saturated heterocycles. The van der Waals surface area contributed by atoms with Crippen molar-refractivity contribution in [2.45, 2.75) is 98.8 Å². The quantitative estimate of drug-likeness (QED) is 0.257. The first-order valence-electron chi connectivity index (χ1n) is 12.6. The summed E-state index contributed by atoms with van der Waals surface area (Å²) >= 11 is 0. The SMILES string of the molecule is C=CCCC(=N\c1c(C(C)C)cccc1C(C)C)/C(C)=N/c1c(C(C)C)cccc1C(C)C. The summed E-state index contributed by atoms with van der Waals surface area (Å²) < 4.78 is 0.